The normalized spacial score (nSPS) is 22.6. The van der Waals surface area contributed by atoms with E-state index >= 15 is 0 Å². The monoisotopic (exact) mass is 335 g/mol. The summed E-state index contributed by atoms with van der Waals surface area (Å²) in [5.74, 6) is 1.35. The van der Waals surface area contributed by atoms with Crippen molar-refractivity contribution in [3.63, 3.8) is 0 Å². The van der Waals surface area contributed by atoms with Crippen LogP contribution in [0.1, 0.15) is 6.92 Å². The van der Waals surface area contributed by atoms with E-state index in [0.717, 1.165) is 0 Å². The first-order valence-electron chi connectivity index (χ1n) is 6.19. The van der Waals surface area contributed by atoms with Crippen molar-refractivity contribution in [3.05, 3.63) is 28.2 Å². The number of rotatable bonds is 3. The molecule has 1 amide bonds. The van der Waals surface area contributed by atoms with E-state index in [1.54, 1.807) is 23.1 Å². The zero-order valence-corrected chi connectivity index (χ0v) is 13.3. The van der Waals surface area contributed by atoms with E-state index in [0.29, 0.717) is 33.8 Å². The summed E-state index contributed by atoms with van der Waals surface area (Å²) in [6, 6.07) is 4.82. The molecule has 20 heavy (non-hydrogen) atoms. The Balaban J connectivity index is 1.93. The van der Waals surface area contributed by atoms with Crippen molar-refractivity contribution in [2.24, 2.45) is 0 Å². The summed E-state index contributed by atoms with van der Waals surface area (Å²) < 4.78 is 16.8. The van der Waals surface area contributed by atoms with Gasteiger partial charge in [-0.05, 0) is 25.1 Å². The third-order valence-corrected chi connectivity index (χ3v) is 5.11. The van der Waals surface area contributed by atoms with E-state index in [1.165, 1.54) is 0 Å². The molecule has 110 valence electrons. The minimum Gasteiger partial charge on any atom is -0.482 e. The molecule has 0 saturated carbocycles. The van der Waals surface area contributed by atoms with Crippen LogP contribution in [0.2, 0.25) is 10.0 Å². The van der Waals surface area contributed by atoms with Gasteiger partial charge in [0.1, 0.15) is 5.75 Å². The molecule has 2 atom stereocenters. The molecule has 7 heteroatoms. The molecule has 1 aliphatic rings. The largest absolute Gasteiger partial charge is 0.482 e. The van der Waals surface area contributed by atoms with Crippen LogP contribution in [-0.4, -0.2) is 45.7 Å². The van der Waals surface area contributed by atoms with Gasteiger partial charge in [-0.1, -0.05) is 23.2 Å². The number of nitrogens with zero attached hydrogens (tertiary/aromatic N) is 1. The summed E-state index contributed by atoms with van der Waals surface area (Å²) in [5, 5.41) is 0.888. The van der Waals surface area contributed by atoms with Gasteiger partial charge >= 0.3 is 0 Å². The number of hydrogen-bond acceptors (Lipinski definition) is 3. The number of benzene rings is 1. The van der Waals surface area contributed by atoms with Gasteiger partial charge in [-0.25, -0.2) is 0 Å². The lowest BCUT2D eigenvalue weighted by Crippen LogP contribution is -2.49. The molecule has 0 radical (unpaired) electrons. The Hall–Kier alpha value is -0.780. The quantitative estimate of drug-likeness (QED) is 0.851. The highest BCUT2D eigenvalue weighted by Gasteiger charge is 2.26. The lowest BCUT2D eigenvalue weighted by atomic mass is 10.3. The second kappa shape index (κ2) is 6.78. The Morgan fingerprint density at radius 3 is 2.90 bits per heavy atom. The van der Waals surface area contributed by atoms with Crippen LogP contribution in [0.5, 0.6) is 5.75 Å². The van der Waals surface area contributed by atoms with Gasteiger partial charge in [-0.15, -0.1) is 0 Å². The van der Waals surface area contributed by atoms with Gasteiger partial charge in [-0.3, -0.25) is 9.00 Å². The lowest BCUT2D eigenvalue weighted by molar-refractivity contribution is -0.134. The van der Waals surface area contributed by atoms with Gasteiger partial charge < -0.3 is 9.64 Å². The summed E-state index contributed by atoms with van der Waals surface area (Å²) in [5.41, 5.74) is 0. The maximum atomic E-state index is 12.1. The zero-order valence-electron chi connectivity index (χ0n) is 11.0. The van der Waals surface area contributed by atoms with Crippen LogP contribution in [0.25, 0.3) is 0 Å². The number of hydrogen-bond donors (Lipinski definition) is 0. The molecule has 2 rings (SSSR count). The molecule has 1 aromatic carbocycles. The van der Waals surface area contributed by atoms with Gasteiger partial charge in [0.2, 0.25) is 0 Å². The zero-order chi connectivity index (χ0) is 14.7. The Kier molecular flexibility index (Phi) is 5.29. The Bertz CT molecular complexity index is 538. The summed E-state index contributed by atoms with van der Waals surface area (Å²) >= 11 is 11.8. The highest BCUT2D eigenvalue weighted by atomic mass is 35.5. The molecule has 0 aromatic heterocycles. The van der Waals surface area contributed by atoms with Crippen molar-refractivity contribution in [3.8, 4) is 5.75 Å². The van der Waals surface area contributed by atoms with Crippen molar-refractivity contribution in [1.29, 1.82) is 0 Å². The fourth-order valence-electron chi connectivity index (χ4n) is 2.05. The average molecular weight is 336 g/mol. The first-order chi connectivity index (χ1) is 9.47. The van der Waals surface area contributed by atoms with E-state index in [9.17, 15) is 9.00 Å². The first-order valence-corrected chi connectivity index (χ1v) is 8.44. The molecule has 0 aliphatic carbocycles. The van der Waals surface area contributed by atoms with E-state index in [1.807, 2.05) is 6.92 Å². The van der Waals surface area contributed by atoms with Crippen LogP contribution >= 0.6 is 23.2 Å². The third kappa shape index (κ3) is 3.87. The second-order valence-corrected chi connectivity index (χ2v) is 7.08. The molecular weight excluding hydrogens is 321 g/mol. The fourth-order valence-corrected chi connectivity index (χ4v) is 3.80. The lowest BCUT2D eigenvalue weighted by Gasteiger charge is -2.32. The Morgan fingerprint density at radius 1 is 1.50 bits per heavy atom. The molecule has 1 aromatic rings. The number of carbonyl (C=O) groups excluding carboxylic acids is 1. The van der Waals surface area contributed by atoms with Crippen LogP contribution < -0.4 is 4.74 Å². The maximum Gasteiger partial charge on any atom is 0.260 e. The summed E-state index contributed by atoms with van der Waals surface area (Å²) in [4.78, 5) is 13.8. The van der Waals surface area contributed by atoms with Crippen molar-refractivity contribution < 1.29 is 13.7 Å². The molecule has 1 saturated heterocycles. The van der Waals surface area contributed by atoms with Gasteiger partial charge in [0.15, 0.2) is 6.61 Å². The molecule has 0 spiro atoms. The van der Waals surface area contributed by atoms with Crippen molar-refractivity contribution >= 4 is 39.9 Å². The molecule has 1 fully saturated rings. The first kappa shape index (κ1) is 15.6. The van der Waals surface area contributed by atoms with Crippen LogP contribution in [0, 0.1) is 0 Å². The smallest absolute Gasteiger partial charge is 0.260 e. The standard InChI is InChI=1S/C13H15Cl2NO3S/c1-9-8-20(18)5-4-16(9)13(17)7-19-12-3-2-10(14)6-11(12)15/h2-3,6,9H,4-5,7-8H2,1H3/t9-,20-/m1/s1. The summed E-state index contributed by atoms with van der Waals surface area (Å²) in [6.45, 7) is 2.31. The Morgan fingerprint density at radius 2 is 2.25 bits per heavy atom. The molecule has 0 bridgehead atoms. The summed E-state index contributed by atoms with van der Waals surface area (Å²) in [7, 11) is -0.824. The van der Waals surface area contributed by atoms with E-state index in [2.05, 4.69) is 0 Å². The minimum atomic E-state index is -0.824. The fraction of sp³-hybridized carbons (Fsp3) is 0.462. The molecule has 0 unspecified atom stereocenters. The van der Waals surface area contributed by atoms with Crippen LogP contribution in [-0.2, 0) is 15.6 Å². The van der Waals surface area contributed by atoms with Crippen LogP contribution in [0.4, 0.5) is 0 Å². The predicted octanol–water partition coefficient (Wildman–Crippen LogP) is 2.35. The molecule has 1 heterocycles. The van der Waals surface area contributed by atoms with Gasteiger partial charge in [0.05, 0.1) is 5.02 Å². The van der Waals surface area contributed by atoms with Gasteiger partial charge in [0.25, 0.3) is 5.91 Å². The van der Waals surface area contributed by atoms with Crippen LogP contribution in [0.3, 0.4) is 0 Å². The summed E-state index contributed by atoms with van der Waals surface area (Å²) in [6.07, 6.45) is 0. The number of carbonyl (C=O) groups is 1. The topological polar surface area (TPSA) is 46.6 Å². The molecule has 4 nitrogen and oxygen atoms in total. The third-order valence-electron chi connectivity index (χ3n) is 3.08. The highest BCUT2D eigenvalue weighted by molar-refractivity contribution is 7.85. The van der Waals surface area contributed by atoms with E-state index in [-0.39, 0.29) is 18.6 Å². The second-order valence-electron chi connectivity index (χ2n) is 4.61. The highest BCUT2D eigenvalue weighted by Crippen LogP contribution is 2.27. The maximum absolute atomic E-state index is 12.1. The number of ether oxygens (including phenoxy) is 1. The average Bonchev–Trinajstić information content (AvgIpc) is 2.37. The van der Waals surface area contributed by atoms with Crippen molar-refractivity contribution in [2.75, 3.05) is 24.7 Å². The number of halogens is 2. The molecular formula is C13H15Cl2NO3S. The van der Waals surface area contributed by atoms with Gasteiger partial charge in [-0.2, -0.15) is 0 Å². The van der Waals surface area contributed by atoms with Gasteiger partial charge in [0, 0.05) is 39.9 Å². The Labute approximate surface area is 130 Å². The predicted molar refractivity (Wildman–Crippen MR) is 81.0 cm³/mol. The van der Waals surface area contributed by atoms with E-state index in [4.69, 9.17) is 27.9 Å². The minimum absolute atomic E-state index is 0.0265. The van der Waals surface area contributed by atoms with Crippen LogP contribution in [0.15, 0.2) is 18.2 Å². The number of amides is 1. The molecule has 1 aliphatic heterocycles. The van der Waals surface area contributed by atoms with E-state index < -0.39 is 10.8 Å². The SMILES string of the molecule is C[C@@H]1C[S@](=O)CCN1C(=O)COc1ccc(Cl)cc1Cl. The molecule has 0 N–H and O–H groups in total. The van der Waals surface area contributed by atoms with Crippen molar-refractivity contribution in [1.82, 2.24) is 4.90 Å². The van der Waals surface area contributed by atoms with Crippen molar-refractivity contribution in [2.45, 2.75) is 13.0 Å².